The van der Waals surface area contributed by atoms with Gasteiger partial charge in [-0.2, -0.15) is 0 Å². The van der Waals surface area contributed by atoms with Crippen LogP contribution in [-0.2, 0) is 4.79 Å². The van der Waals surface area contributed by atoms with E-state index in [0.29, 0.717) is 21.6 Å². The molecule has 2 amide bonds. The fourth-order valence-corrected chi connectivity index (χ4v) is 5.08. The fraction of sp³-hybridized carbons (Fsp3) is 0.364. The van der Waals surface area contributed by atoms with Crippen molar-refractivity contribution in [3.63, 3.8) is 0 Å². The predicted octanol–water partition coefficient (Wildman–Crippen LogP) is 3.10. The molecule has 3 unspecified atom stereocenters. The Morgan fingerprint density at radius 3 is 2.71 bits per heavy atom. The summed E-state index contributed by atoms with van der Waals surface area (Å²) in [4.78, 5) is 27.0. The van der Waals surface area contributed by atoms with Gasteiger partial charge in [0.25, 0.3) is 11.8 Å². The summed E-state index contributed by atoms with van der Waals surface area (Å²) in [5, 5.41) is 0.467. The van der Waals surface area contributed by atoms with Crippen LogP contribution in [0.15, 0.2) is 42.5 Å². The molecule has 28 heavy (non-hydrogen) atoms. The monoisotopic (exact) mass is 398 g/mol. The number of nitrogens with zero attached hydrogens (tertiary/aromatic N) is 2. The van der Waals surface area contributed by atoms with E-state index < -0.39 is 0 Å². The Morgan fingerprint density at radius 2 is 2.00 bits per heavy atom. The molecule has 0 aromatic heterocycles. The van der Waals surface area contributed by atoms with Crippen LogP contribution in [0, 0.1) is 6.92 Å². The minimum absolute atomic E-state index is 0.0609. The zero-order valence-electron chi connectivity index (χ0n) is 16.2. The Balaban J connectivity index is 1.75. The van der Waals surface area contributed by atoms with Crippen molar-refractivity contribution in [1.29, 1.82) is 0 Å². The van der Waals surface area contributed by atoms with Crippen LogP contribution in [0.4, 0.5) is 5.69 Å². The molecule has 6 heteroatoms. The van der Waals surface area contributed by atoms with Crippen LogP contribution in [0.3, 0.4) is 0 Å². The second kappa shape index (κ2) is 6.90. The molecule has 1 saturated heterocycles. The van der Waals surface area contributed by atoms with Gasteiger partial charge in [-0.3, -0.25) is 9.59 Å². The molecule has 0 radical (unpaired) electrons. The molecule has 0 spiro atoms. The minimum Gasteiger partial charge on any atom is -0.365 e. The summed E-state index contributed by atoms with van der Waals surface area (Å²) in [6.07, 6.45) is 0.818. The molecule has 5 nitrogen and oxygen atoms in total. The molecule has 2 N–H and O–H groups in total. The third kappa shape index (κ3) is 3.19. The van der Waals surface area contributed by atoms with Gasteiger partial charge in [-0.15, -0.1) is 0 Å². The normalized spacial score (nSPS) is 25.9. The smallest absolute Gasteiger partial charge is 0.272 e. The molecular weight excluding hydrogens is 374 g/mol. The number of hydrogen-bond donors (Lipinski definition) is 1. The first-order chi connectivity index (χ1) is 13.3. The van der Waals surface area contributed by atoms with Crippen molar-refractivity contribution in [2.24, 2.45) is 5.73 Å². The molecule has 4 rings (SSSR count). The standard InChI is InChI=1S/C22H24ClN3O2/c1-14-7-8-19-16(11-14)17-12-26(2,13-21(24)27)10-9-20(17)25(19)22(28)15-5-3-4-6-18(15)23/h3-8,11,17,20H,9-10,12-13H2,1-2H3,(H-,24,27)/p+1. The minimum atomic E-state index is -0.285. The number of hydrogen-bond acceptors (Lipinski definition) is 2. The van der Waals surface area contributed by atoms with Gasteiger partial charge in [-0.05, 0) is 30.7 Å². The number of nitrogens with two attached hydrogens (primary N) is 1. The Bertz CT molecular complexity index is 961. The highest BCUT2D eigenvalue weighted by atomic mass is 35.5. The maximum absolute atomic E-state index is 13.5. The Kier molecular flexibility index (Phi) is 4.68. The molecule has 0 aliphatic carbocycles. The Hall–Kier alpha value is -2.37. The number of fused-ring (bicyclic) bond motifs is 3. The Labute approximate surface area is 170 Å². The number of primary amides is 1. The fourth-order valence-electron chi connectivity index (χ4n) is 4.86. The van der Waals surface area contributed by atoms with Crippen molar-refractivity contribution in [2.45, 2.75) is 25.3 Å². The van der Waals surface area contributed by atoms with Crippen molar-refractivity contribution in [3.05, 3.63) is 64.2 Å². The molecule has 2 aliphatic rings. The zero-order valence-corrected chi connectivity index (χ0v) is 16.9. The van der Waals surface area contributed by atoms with E-state index in [9.17, 15) is 9.59 Å². The van der Waals surface area contributed by atoms with Crippen molar-refractivity contribution >= 4 is 29.1 Å². The average molecular weight is 399 g/mol. The number of piperidine rings is 1. The largest absolute Gasteiger partial charge is 0.365 e. The number of likely N-dealkylation sites (N-methyl/N-ethyl adjacent to an activating group) is 1. The molecular formula is C22H25ClN3O2+. The number of halogens is 1. The third-order valence-corrected chi connectivity index (χ3v) is 6.43. The van der Waals surface area contributed by atoms with E-state index in [1.54, 1.807) is 12.1 Å². The molecule has 2 aromatic rings. The van der Waals surface area contributed by atoms with E-state index in [4.69, 9.17) is 17.3 Å². The van der Waals surface area contributed by atoms with Crippen LogP contribution >= 0.6 is 11.6 Å². The highest BCUT2D eigenvalue weighted by Gasteiger charge is 2.49. The number of amides is 2. The molecule has 146 valence electrons. The maximum Gasteiger partial charge on any atom is 0.272 e. The van der Waals surface area contributed by atoms with Crippen LogP contribution in [0.25, 0.3) is 0 Å². The molecule has 2 aliphatic heterocycles. The number of likely N-dealkylation sites (tertiary alicyclic amines) is 1. The van der Waals surface area contributed by atoms with Gasteiger partial charge in [-0.25, -0.2) is 0 Å². The van der Waals surface area contributed by atoms with Crippen LogP contribution in [0.1, 0.15) is 33.8 Å². The van der Waals surface area contributed by atoms with Crippen molar-refractivity contribution in [2.75, 3.05) is 31.6 Å². The van der Waals surface area contributed by atoms with Crippen LogP contribution in [0.5, 0.6) is 0 Å². The summed E-state index contributed by atoms with van der Waals surface area (Å²) in [5.41, 5.74) is 9.33. The van der Waals surface area contributed by atoms with Gasteiger partial charge in [0.1, 0.15) is 0 Å². The van der Waals surface area contributed by atoms with Crippen molar-refractivity contribution in [3.8, 4) is 0 Å². The lowest BCUT2D eigenvalue weighted by Gasteiger charge is -2.43. The van der Waals surface area contributed by atoms with Crippen LogP contribution in [0.2, 0.25) is 5.02 Å². The van der Waals surface area contributed by atoms with Crippen LogP contribution < -0.4 is 10.6 Å². The summed E-state index contributed by atoms with van der Waals surface area (Å²) in [7, 11) is 2.08. The topological polar surface area (TPSA) is 63.4 Å². The number of anilines is 1. The molecule has 2 aromatic carbocycles. The summed E-state index contributed by atoms with van der Waals surface area (Å²) in [6.45, 7) is 3.98. The lowest BCUT2D eigenvalue weighted by Crippen LogP contribution is -2.59. The highest BCUT2D eigenvalue weighted by molar-refractivity contribution is 6.34. The molecule has 2 heterocycles. The summed E-state index contributed by atoms with van der Waals surface area (Å²) in [6, 6.07) is 13.5. The van der Waals surface area contributed by atoms with E-state index in [1.165, 1.54) is 11.1 Å². The summed E-state index contributed by atoms with van der Waals surface area (Å²) >= 11 is 6.33. The summed E-state index contributed by atoms with van der Waals surface area (Å²) < 4.78 is 0.609. The second-order valence-corrected chi connectivity index (χ2v) is 8.74. The quantitative estimate of drug-likeness (QED) is 0.807. The number of rotatable bonds is 3. The average Bonchev–Trinajstić information content (AvgIpc) is 2.93. The van der Waals surface area contributed by atoms with E-state index in [2.05, 4.69) is 20.0 Å². The van der Waals surface area contributed by atoms with E-state index in [1.807, 2.05) is 29.2 Å². The first-order valence-electron chi connectivity index (χ1n) is 9.59. The number of aryl methyl sites for hydroxylation is 1. The predicted molar refractivity (Wildman–Crippen MR) is 111 cm³/mol. The van der Waals surface area contributed by atoms with Gasteiger partial charge in [0, 0.05) is 12.1 Å². The van der Waals surface area contributed by atoms with Gasteiger partial charge in [-0.1, -0.05) is 41.4 Å². The van der Waals surface area contributed by atoms with Gasteiger partial charge < -0.3 is 15.1 Å². The van der Waals surface area contributed by atoms with Gasteiger partial charge in [0.05, 0.1) is 42.7 Å². The number of quaternary nitrogens is 1. The molecule has 0 saturated carbocycles. The number of benzene rings is 2. The summed E-state index contributed by atoms with van der Waals surface area (Å²) in [5.74, 6) is -0.166. The SMILES string of the molecule is Cc1ccc2c(c1)C1C[N+](C)(CC(N)=O)CCC1N2C(=O)c1ccccc1Cl. The van der Waals surface area contributed by atoms with Crippen molar-refractivity contribution < 1.29 is 14.1 Å². The second-order valence-electron chi connectivity index (χ2n) is 8.33. The third-order valence-electron chi connectivity index (χ3n) is 6.10. The highest BCUT2D eigenvalue weighted by Crippen LogP contribution is 2.47. The van der Waals surface area contributed by atoms with Crippen molar-refractivity contribution in [1.82, 2.24) is 0 Å². The van der Waals surface area contributed by atoms with Gasteiger partial charge in [0.2, 0.25) is 0 Å². The number of carbonyl (C=O) groups excluding carboxylic acids is 2. The van der Waals surface area contributed by atoms with Gasteiger partial charge >= 0.3 is 0 Å². The molecule has 0 bridgehead atoms. The maximum atomic E-state index is 13.5. The molecule has 3 atom stereocenters. The Morgan fingerprint density at radius 1 is 1.25 bits per heavy atom. The van der Waals surface area contributed by atoms with E-state index in [0.717, 1.165) is 25.2 Å². The van der Waals surface area contributed by atoms with E-state index >= 15 is 0 Å². The molecule has 1 fully saturated rings. The van der Waals surface area contributed by atoms with Gasteiger partial charge in [0.15, 0.2) is 6.54 Å². The lowest BCUT2D eigenvalue weighted by atomic mass is 9.87. The number of carbonyl (C=O) groups is 2. The van der Waals surface area contributed by atoms with E-state index in [-0.39, 0.29) is 23.8 Å². The first kappa shape index (κ1) is 19.0. The zero-order chi connectivity index (χ0) is 20.1. The first-order valence-corrected chi connectivity index (χ1v) is 9.97. The lowest BCUT2D eigenvalue weighted by molar-refractivity contribution is -0.907. The van der Waals surface area contributed by atoms with Crippen LogP contribution in [-0.4, -0.2) is 49.0 Å².